The molecule has 0 aromatic heterocycles. The molecule has 2 aromatic rings. The molecule has 2 nitrogen and oxygen atoms in total. The zero-order valence-electron chi connectivity index (χ0n) is 12.3. The summed E-state index contributed by atoms with van der Waals surface area (Å²) in [5, 5.41) is 3.51. The summed E-state index contributed by atoms with van der Waals surface area (Å²) in [4.78, 5) is 0. The van der Waals surface area contributed by atoms with Gasteiger partial charge in [-0.05, 0) is 5.56 Å². The van der Waals surface area contributed by atoms with E-state index in [9.17, 15) is 0 Å². The smallest absolute Gasteiger partial charge is 0.383 e. The fourth-order valence-corrected chi connectivity index (χ4v) is 2.12. The van der Waals surface area contributed by atoms with Crippen molar-refractivity contribution < 1.29 is 23.6 Å². The van der Waals surface area contributed by atoms with E-state index in [-0.39, 0.29) is 30.9 Å². The molecule has 0 aliphatic rings. The second-order valence-corrected chi connectivity index (χ2v) is 4.55. The number of benzene rings is 2. The van der Waals surface area contributed by atoms with Gasteiger partial charge in [-0.3, -0.25) is 0 Å². The molecule has 0 saturated heterocycles. The molecule has 20 heavy (non-hydrogen) atoms. The molecule has 0 aliphatic carbocycles. The van der Waals surface area contributed by atoms with Gasteiger partial charge in [0.15, 0.2) is 0 Å². The summed E-state index contributed by atoms with van der Waals surface area (Å²) in [6, 6.07) is 20.7. The van der Waals surface area contributed by atoms with Gasteiger partial charge in [-0.1, -0.05) is 72.3 Å². The third-order valence-electron chi connectivity index (χ3n) is 3.14. The molecule has 3 heteroatoms. The Hall–Kier alpha value is -1.04. The van der Waals surface area contributed by atoms with Crippen molar-refractivity contribution in [3.8, 4) is 0 Å². The number of ether oxygens (including phenoxy) is 1. The molecular formula is C17H20LiNO. The maximum absolute atomic E-state index is 5.30. The van der Waals surface area contributed by atoms with Gasteiger partial charge in [0.25, 0.3) is 0 Å². The first-order chi connectivity index (χ1) is 9.31. The fourth-order valence-electron chi connectivity index (χ4n) is 2.12. The van der Waals surface area contributed by atoms with E-state index in [1.54, 1.807) is 7.11 Å². The van der Waals surface area contributed by atoms with Crippen LogP contribution in [0.25, 0.3) is 0 Å². The van der Waals surface area contributed by atoms with Crippen LogP contribution in [0.1, 0.15) is 23.2 Å². The summed E-state index contributed by atoms with van der Waals surface area (Å²) in [6.45, 7) is 4.82. The van der Waals surface area contributed by atoms with Crippen LogP contribution in [0.3, 0.4) is 0 Å². The van der Waals surface area contributed by atoms with Crippen LogP contribution in [-0.4, -0.2) is 13.7 Å². The van der Waals surface area contributed by atoms with Crippen LogP contribution in [0.15, 0.2) is 60.7 Å². The Kier molecular flexibility index (Phi) is 7.65. The molecule has 0 radical (unpaired) electrons. The predicted molar refractivity (Wildman–Crippen MR) is 78.7 cm³/mol. The topological polar surface area (TPSA) is 21.3 Å². The molecule has 2 aromatic carbocycles. The van der Waals surface area contributed by atoms with E-state index >= 15 is 0 Å². The standard InChI is InChI=1S/C17H20NO.Li/c1-14(15-9-5-3-6-10-15)18-17(13-19-2)16-11-7-4-8-12-16;/h3-12,14,17-18H,1,13H2,2H3;/q-1;+1/t14-,17-;/m0./s1/i;1-1. The van der Waals surface area contributed by atoms with Gasteiger partial charge < -0.3 is 17.0 Å². The van der Waals surface area contributed by atoms with Gasteiger partial charge in [0, 0.05) is 7.11 Å². The van der Waals surface area contributed by atoms with Gasteiger partial charge in [0.2, 0.25) is 0 Å². The number of hydrogen-bond acceptors (Lipinski definition) is 2. The zero-order chi connectivity index (χ0) is 13.5. The minimum absolute atomic E-state index is 0. The van der Waals surface area contributed by atoms with Crippen LogP contribution < -0.4 is 24.2 Å². The van der Waals surface area contributed by atoms with Crippen molar-refractivity contribution in [3.05, 3.63) is 78.7 Å². The zero-order valence-corrected chi connectivity index (χ0v) is 12.3. The Bertz CT molecular complexity index is 475. The molecule has 0 saturated carbocycles. The normalized spacial score (nSPS) is 13.3. The minimum atomic E-state index is 0. The van der Waals surface area contributed by atoms with E-state index in [1.807, 2.05) is 36.4 Å². The second kappa shape index (κ2) is 9.00. The molecule has 100 valence electrons. The van der Waals surface area contributed by atoms with Gasteiger partial charge in [0.05, 0.1) is 12.6 Å². The Labute approximate surface area is 133 Å². The average molecular weight is 260 g/mol. The third-order valence-corrected chi connectivity index (χ3v) is 3.14. The molecule has 2 atom stereocenters. The van der Waals surface area contributed by atoms with Crippen molar-refractivity contribution in [1.82, 2.24) is 5.32 Å². The Morgan fingerprint density at radius 3 is 1.95 bits per heavy atom. The Balaban J connectivity index is 0.00000200. The molecule has 0 amide bonds. The number of rotatable bonds is 6. The van der Waals surface area contributed by atoms with Crippen molar-refractivity contribution >= 4 is 0 Å². The molecular weight excluding hydrogens is 240 g/mol. The van der Waals surface area contributed by atoms with Crippen LogP contribution in [0.5, 0.6) is 0 Å². The molecule has 0 aliphatic heterocycles. The predicted octanol–water partition coefficient (Wildman–Crippen LogP) is 0.543. The molecule has 1 N–H and O–H groups in total. The van der Waals surface area contributed by atoms with Gasteiger partial charge in [-0.2, -0.15) is 0 Å². The second-order valence-electron chi connectivity index (χ2n) is 4.55. The molecule has 2 rings (SSSR count). The van der Waals surface area contributed by atoms with E-state index in [0.29, 0.717) is 6.61 Å². The van der Waals surface area contributed by atoms with E-state index in [2.05, 4.69) is 36.5 Å². The van der Waals surface area contributed by atoms with E-state index in [4.69, 9.17) is 4.74 Å². The summed E-state index contributed by atoms with van der Waals surface area (Å²) in [7, 11) is 1.72. The summed E-state index contributed by atoms with van der Waals surface area (Å²) in [5.41, 5.74) is 2.40. The van der Waals surface area contributed by atoms with Crippen molar-refractivity contribution in [1.29, 1.82) is 0 Å². The first-order valence-corrected chi connectivity index (χ1v) is 6.49. The molecule has 0 heterocycles. The molecule has 0 spiro atoms. The third kappa shape index (κ3) is 4.81. The van der Waals surface area contributed by atoms with Crippen molar-refractivity contribution in [3.63, 3.8) is 0 Å². The van der Waals surface area contributed by atoms with Crippen LogP contribution >= 0.6 is 0 Å². The molecule has 0 unspecified atom stereocenters. The van der Waals surface area contributed by atoms with Crippen LogP contribution in [0.2, 0.25) is 0 Å². The van der Waals surface area contributed by atoms with Crippen molar-refractivity contribution in [2.75, 3.05) is 13.7 Å². The number of methoxy groups -OCH3 is 1. The van der Waals surface area contributed by atoms with E-state index in [0.717, 1.165) is 0 Å². The van der Waals surface area contributed by atoms with Gasteiger partial charge in [-0.15, -0.1) is 0 Å². The summed E-state index contributed by atoms with van der Waals surface area (Å²) in [5.74, 6) is 0. The summed E-state index contributed by atoms with van der Waals surface area (Å²) in [6.07, 6.45) is 0. The van der Waals surface area contributed by atoms with Gasteiger partial charge in [-0.25, -0.2) is 0 Å². The molecule has 0 fully saturated rings. The minimum Gasteiger partial charge on any atom is -0.383 e. The maximum atomic E-state index is 5.30. The van der Waals surface area contributed by atoms with Crippen LogP contribution in [0.4, 0.5) is 0 Å². The summed E-state index contributed by atoms with van der Waals surface area (Å²) < 4.78 is 5.30. The SMILES string of the molecule is [6Li+].[CH2-][C@H](N[C@@H](COC)c1ccccc1)c1ccccc1. The van der Waals surface area contributed by atoms with Crippen molar-refractivity contribution in [2.45, 2.75) is 12.1 Å². The van der Waals surface area contributed by atoms with Gasteiger partial charge in [0.1, 0.15) is 0 Å². The maximum Gasteiger partial charge on any atom is 1.00 e. The molecule has 0 bridgehead atoms. The first-order valence-electron chi connectivity index (χ1n) is 6.49. The van der Waals surface area contributed by atoms with Crippen molar-refractivity contribution in [2.24, 2.45) is 0 Å². The number of hydrogen-bond donors (Lipinski definition) is 1. The fraction of sp³-hybridized carbons (Fsp3) is 0.235. The summed E-state index contributed by atoms with van der Waals surface area (Å²) >= 11 is 0. The largest absolute Gasteiger partial charge is 1.00 e. The number of nitrogens with one attached hydrogen (secondary N) is 1. The quantitative estimate of drug-likeness (QED) is 0.605. The average Bonchev–Trinajstić information content (AvgIpc) is 2.48. The van der Waals surface area contributed by atoms with E-state index < -0.39 is 0 Å². The first kappa shape index (κ1) is 17.0. The van der Waals surface area contributed by atoms with Gasteiger partial charge >= 0.3 is 18.9 Å². The van der Waals surface area contributed by atoms with Crippen LogP contribution in [-0.2, 0) is 4.74 Å². The van der Waals surface area contributed by atoms with E-state index in [1.165, 1.54) is 11.1 Å². The Morgan fingerprint density at radius 1 is 0.950 bits per heavy atom. The van der Waals surface area contributed by atoms with Crippen LogP contribution in [0, 0.1) is 6.92 Å². The Morgan fingerprint density at radius 2 is 1.45 bits per heavy atom. The monoisotopic (exact) mass is 260 g/mol.